The third-order valence-electron chi connectivity index (χ3n) is 4.86. The fourth-order valence-corrected chi connectivity index (χ4v) is 4.56. The molecular formula is C23H24N2O4S. The largest absolute Gasteiger partial charge is 0.494 e. The number of anilines is 1. The number of methoxy groups -OCH3 is 1. The van der Waals surface area contributed by atoms with Crippen molar-refractivity contribution >= 4 is 34.3 Å². The van der Waals surface area contributed by atoms with Crippen molar-refractivity contribution in [1.82, 2.24) is 0 Å². The first kappa shape index (κ1) is 21.6. The number of nitrogens with zero attached hydrogens (tertiary/aromatic N) is 1. The Kier molecular flexibility index (Phi) is 7.26. The molecule has 0 spiro atoms. The van der Waals surface area contributed by atoms with Gasteiger partial charge in [0, 0.05) is 4.88 Å². The first-order chi connectivity index (χ1) is 14.6. The predicted octanol–water partition coefficient (Wildman–Crippen LogP) is 4.75. The third kappa shape index (κ3) is 4.89. The summed E-state index contributed by atoms with van der Waals surface area (Å²) in [7, 11) is 1.32. The number of unbranched alkanes of at least 4 members (excludes halogenated alkanes) is 1. The second-order valence-electron chi connectivity index (χ2n) is 6.95. The van der Waals surface area contributed by atoms with Crippen LogP contribution in [-0.2, 0) is 22.4 Å². The van der Waals surface area contributed by atoms with Crippen LogP contribution in [0.2, 0.25) is 0 Å². The van der Waals surface area contributed by atoms with Crippen LogP contribution in [0.4, 0.5) is 5.00 Å². The highest BCUT2D eigenvalue weighted by Gasteiger charge is 2.28. The Hall–Kier alpha value is -3.11. The molecule has 1 aliphatic rings. The summed E-state index contributed by atoms with van der Waals surface area (Å²) in [5.41, 5.74) is 2.03. The van der Waals surface area contributed by atoms with E-state index in [9.17, 15) is 14.9 Å². The highest BCUT2D eigenvalue weighted by Crippen LogP contribution is 2.39. The number of amides is 1. The second-order valence-corrected chi connectivity index (χ2v) is 8.05. The van der Waals surface area contributed by atoms with Crippen LogP contribution >= 0.6 is 11.3 Å². The number of fused-ring (bicyclic) bond motifs is 1. The molecule has 3 rings (SSSR count). The van der Waals surface area contributed by atoms with E-state index < -0.39 is 11.9 Å². The molecule has 1 amide bonds. The number of nitrogens with one attached hydrogen (secondary N) is 1. The Bertz CT molecular complexity index is 999. The van der Waals surface area contributed by atoms with E-state index in [0.29, 0.717) is 22.7 Å². The van der Waals surface area contributed by atoms with Gasteiger partial charge in [0.2, 0.25) is 0 Å². The minimum absolute atomic E-state index is 0.0426. The Morgan fingerprint density at radius 2 is 2.03 bits per heavy atom. The molecule has 30 heavy (non-hydrogen) atoms. The fourth-order valence-electron chi connectivity index (χ4n) is 3.29. The number of carbonyl (C=O) groups excluding carboxylic acids is 2. The van der Waals surface area contributed by atoms with E-state index in [1.54, 1.807) is 12.1 Å². The van der Waals surface area contributed by atoms with Crippen LogP contribution in [0.5, 0.6) is 5.75 Å². The molecule has 0 radical (unpaired) electrons. The predicted molar refractivity (Wildman–Crippen MR) is 117 cm³/mol. The number of esters is 1. The molecule has 1 N–H and O–H groups in total. The first-order valence-corrected chi connectivity index (χ1v) is 10.8. The average Bonchev–Trinajstić information content (AvgIpc) is 3.33. The standard InChI is InChI=1S/C23H24N2O4S/c1-3-4-12-29-17-10-8-15(9-11-17)13-16(14-24)21(26)25-22-20(23(27)28-2)18-6-5-7-19(18)30-22/h8-11,13H,3-7,12H2,1-2H3,(H,25,26). The van der Waals surface area contributed by atoms with Crippen LogP contribution < -0.4 is 10.1 Å². The van der Waals surface area contributed by atoms with Crippen LogP contribution in [-0.4, -0.2) is 25.6 Å². The van der Waals surface area contributed by atoms with Crippen molar-refractivity contribution in [2.24, 2.45) is 0 Å². The minimum Gasteiger partial charge on any atom is -0.494 e. The van der Waals surface area contributed by atoms with Crippen LogP contribution in [0, 0.1) is 11.3 Å². The van der Waals surface area contributed by atoms with Gasteiger partial charge in [-0.25, -0.2) is 4.79 Å². The highest BCUT2D eigenvalue weighted by atomic mass is 32.1. The van der Waals surface area contributed by atoms with E-state index in [-0.39, 0.29) is 5.57 Å². The topological polar surface area (TPSA) is 88.4 Å². The number of rotatable bonds is 8. The highest BCUT2D eigenvalue weighted by molar-refractivity contribution is 7.17. The monoisotopic (exact) mass is 424 g/mol. The molecule has 156 valence electrons. The number of benzene rings is 1. The lowest BCUT2D eigenvalue weighted by molar-refractivity contribution is -0.112. The van der Waals surface area contributed by atoms with Gasteiger partial charge in [-0.05, 0) is 55.0 Å². The molecule has 6 nitrogen and oxygen atoms in total. The number of hydrogen-bond acceptors (Lipinski definition) is 6. The second kappa shape index (κ2) is 10.1. The zero-order valence-electron chi connectivity index (χ0n) is 17.1. The normalized spacial score (nSPS) is 12.8. The molecule has 0 fully saturated rings. The van der Waals surface area contributed by atoms with E-state index in [4.69, 9.17) is 9.47 Å². The van der Waals surface area contributed by atoms with E-state index >= 15 is 0 Å². The number of aryl methyl sites for hydroxylation is 1. The SMILES string of the molecule is CCCCOc1ccc(C=C(C#N)C(=O)Nc2sc3c(c2C(=O)OC)CCC3)cc1. The molecule has 0 saturated heterocycles. The average molecular weight is 425 g/mol. The van der Waals surface area contributed by atoms with E-state index in [1.807, 2.05) is 18.2 Å². The van der Waals surface area contributed by atoms with Crippen LogP contribution in [0.1, 0.15) is 52.5 Å². The molecule has 0 bridgehead atoms. The smallest absolute Gasteiger partial charge is 0.341 e. The molecule has 1 heterocycles. The lowest BCUT2D eigenvalue weighted by Crippen LogP contribution is -2.15. The number of hydrogen-bond donors (Lipinski definition) is 1. The summed E-state index contributed by atoms with van der Waals surface area (Å²) in [6.07, 6.45) is 6.23. The molecule has 0 saturated carbocycles. The van der Waals surface area contributed by atoms with E-state index in [1.165, 1.54) is 24.5 Å². The fraction of sp³-hybridized carbons (Fsp3) is 0.348. The number of thiophene rings is 1. The molecule has 1 aliphatic carbocycles. The third-order valence-corrected chi connectivity index (χ3v) is 6.07. The Labute approximate surface area is 180 Å². The maximum atomic E-state index is 12.7. The maximum absolute atomic E-state index is 12.7. The van der Waals surface area contributed by atoms with Gasteiger partial charge in [-0.1, -0.05) is 25.5 Å². The van der Waals surface area contributed by atoms with Gasteiger partial charge in [-0.15, -0.1) is 11.3 Å². The van der Waals surface area contributed by atoms with Gasteiger partial charge in [0.25, 0.3) is 5.91 Å². The first-order valence-electron chi connectivity index (χ1n) is 9.96. The summed E-state index contributed by atoms with van der Waals surface area (Å²) in [4.78, 5) is 26.0. The van der Waals surface area contributed by atoms with Crippen molar-refractivity contribution < 1.29 is 19.1 Å². The number of nitriles is 1. The zero-order chi connectivity index (χ0) is 21.5. The molecule has 0 aliphatic heterocycles. The van der Waals surface area contributed by atoms with Gasteiger partial charge < -0.3 is 14.8 Å². The number of ether oxygens (including phenoxy) is 2. The van der Waals surface area contributed by atoms with Crippen LogP contribution in [0.3, 0.4) is 0 Å². The summed E-state index contributed by atoms with van der Waals surface area (Å²) >= 11 is 1.38. The lowest BCUT2D eigenvalue weighted by Gasteiger charge is -2.07. The Morgan fingerprint density at radius 3 is 2.70 bits per heavy atom. The van der Waals surface area contributed by atoms with Crippen molar-refractivity contribution in [3.8, 4) is 11.8 Å². The molecule has 0 unspecified atom stereocenters. The van der Waals surface area contributed by atoms with Gasteiger partial charge in [-0.3, -0.25) is 4.79 Å². The summed E-state index contributed by atoms with van der Waals surface area (Å²) in [6.45, 7) is 2.76. The Balaban J connectivity index is 1.76. The van der Waals surface area contributed by atoms with Crippen molar-refractivity contribution in [2.45, 2.75) is 39.0 Å². The molecular weight excluding hydrogens is 400 g/mol. The van der Waals surface area contributed by atoms with Crippen molar-refractivity contribution in [2.75, 3.05) is 19.0 Å². The lowest BCUT2D eigenvalue weighted by atomic mass is 10.1. The summed E-state index contributed by atoms with van der Waals surface area (Å²) in [6, 6.07) is 9.17. The summed E-state index contributed by atoms with van der Waals surface area (Å²) in [5.74, 6) is -0.268. The molecule has 1 aromatic carbocycles. The van der Waals surface area contributed by atoms with Crippen LogP contribution in [0.15, 0.2) is 29.8 Å². The Morgan fingerprint density at radius 1 is 1.27 bits per heavy atom. The van der Waals surface area contributed by atoms with Gasteiger partial charge in [0.1, 0.15) is 22.4 Å². The molecule has 0 atom stereocenters. The molecule has 7 heteroatoms. The zero-order valence-corrected chi connectivity index (χ0v) is 17.9. The van der Waals surface area contributed by atoms with Gasteiger partial charge in [0.15, 0.2) is 0 Å². The quantitative estimate of drug-likeness (QED) is 0.286. The van der Waals surface area contributed by atoms with Gasteiger partial charge >= 0.3 is 5.97 Å². The van der Waals surface area contributed by atoms with Gasteiger partial charge in [-0.2, -0.15) is 5.26 Å². The van der Waals surface area contributed by atoms with E-state index in [2.05, 4.69) is 12.2 Å². The van der Waals surface area contributed by atoms with Crippen LogP contribution in [0.25, 0.3) is 6.08 Å². The minimum atomic E-state index is -0.550. The summed E-state index contributed by atoms with van der Waals surface area (Å²) < 4.78 is 10.5. The number of carbonyl (C=O) groups is 2. The van der Waals surface area contributed by atoms with Crippen molar-refractivity contribution in [3.05, 3.63) is 51.4 Å². The van der Waals surface area contributed by atoms with E-state index in [0.717, 1.165) is 48.3 Å². The molecule has 2 aromatic rings. The van der Waals surface area contributed by atoms with Crippen molar-refractivity contribution in [1.29, 1.82) is 5.26 Å². The van der Waals surface area contributed by atoms with Crippen molar-refractivity contribution in [3.63, 3.8) is 0 Å². The summed E-state index contributed by atoms with van der Waals surface area (Å²) in [5, 5.41) is 12.7. The molecule has 1 aromatic heterocycles. The van der Waals surface area contributed by atoms with Gasteiger partial charge in [0.05, 0.1) is 19.3 Å². The maximum Gasteiger partial charge on any atom is 0.341 e.